The Kier molecular flexibility index (Phi) is 6.76. The smallest absolute Gasteiger partial charge is 0.363 e. The van der Waals surface area contributed by atoms with E-state index in [4.69, 9.17) is 25.8 Å². The molecule has 3 aromatic rings. The van der Waals surface area contributed by atoms with Crippen molar-refractivity contribution in [1.29, 1.82) is 0 Å². The molecule has 0 saturated heterocycles. The first-order valence-corrected chi connectivity index (χ1v) is 10.9. The number of nitrogens with zero attached hydrogens (tertiary/aromatic N) is 1. The Morgan fingerprint density at radius 2 is 1.97 bits per heavy atom. The quantitative estimate of drug-likeness (QED) is 0.209. The Labute approximate surface area is 202 Å². The molecular weight excluding hydrogens is 548 g/mol. The second kappa shape index (κ2) is 9.70. The maximum atomic E-state index is 14.0. The number of halogens is 3. The third-order valence-electron chi connectivity index (χ3n) is 4.55. The van der Waals surface area contributed by atoms with Gasteiger partial charge in [-0.15, -0.1) is 0 Å². The van der Waals surface area contributed by atoms with Crippen LogP contribution in [0.25, 0.3) is 6.08 Å². The number of aliphatic imine (C=N–C) groups is 1. The molecule has 1 aliphatic rings. The first kappa shape index (κ1) is 22.3. The molecule has 3 aromatic carbocycles. The van der Waals surface area contributed by atoms with Gasteiger partial charge in [-0.25, -0.2) is 14.2 Å². The number of hydrogen-bond donors (Lipinski definition) is 0. The summed E-state index contributed by atoms with van der Waals surface area (Å²) < 4.78 is 31.4. The monoisotopic (exact) mass is 563 g/mol. The lowest BCUT2D eigenvalue weighted by molar-refractivity contribution is -0.129. The van der Waals surface area contributed by atoms with E-state index in [-0.39, 0.29) is 17.2 Å². The summed E-state index contributed by atoms with van der Waals surface area (Å²) in [4.78, 5) is 16.4. The van der Waals surface area contributed by atoms with Crippen LogP contribution in [0.1, 0.15) is 16.7 Å². The van der Waals surface area contributed by atoms with Crippen molar-refractivity contribution in [2.24, 2.45) is 4.99 Å². The van der Waals surface area contributed by atoms with Gasteiger partial charge in [-0.2, -0.15) is 0 Å². The van der Waals surface area contributed by atoms with Gasteiger partial charge in [-0.3, -0.25) is 0 Å². The molecule has 0 spiro atoms. The molecule has 1 aliphatic heterocycles. The highest BCUT2D eigenvalue weighted by Crippen LogP contribution is 2.35. The van der Waals surface area contributed by atoms with Crippen molar-refractivity contribution in [2.45, 2.75) is 6.61 Å². The van der Waals surface area contributed by atoms with E-state index >= 15 is 0 Å². The largest absolute Gasteiger partial charge is 0.493 e. The van der Waals surface area contributed by atoms with Crippen molar-refractivity contribution < 1.29 is 23.4 Å². The number of hydrogen-bond acceptors (Lipinski definition) is 5. The minimum atomic E-state index is -0.654. The van der Waals surface area contributed by atoms with Gasteiger partial charge in [0, 0.05) is 5.02 Å². The van der Waals surface area contributed by atoms with E-state index in [2.05, 4.69) is 27.6 Å². The fourth-order valence-corrected chi connectivity index (χ4v) is 4.06. The number of rotatable bonds is 6. The minimum absolute atomic E-state index is 0.0636. The summed E-state index contributed by atoms with van der Waals surface area (Å²) >= 11 is 8.16. The lowest BCUT2D eigenvalue weighted by atomic mass is 10.1. The normalized spacial score (nSPS) is 14.3. The van der Waals surface area contributed by atoms with E-state index in [9.17, 15) is 9.18 Å². The van der Waals surface area contributed by atoms with Gasteiger partial charge >= 0.3 is 5.97 Å². The van der Waals surface area contributed by atoms with Gasteiger partial charge in [-0.1, -0.05) is 35.9 Å². The summed E-state index contributed by atoms with van der Waals surface area (Å²) in [5, 5.41) is 0.633. The van der Waals surface area contributed by atoms with Crippen LogP contribution in [0.5, 0.6) is 11.5 Å². The Hall–Kier alpha value is -2.91. The standard InChI is InChI=1S/C24H16ClFINO4/c1-30-21-12-15(10-19(27)22(21)31-13-14-5-4-6-16(25)9-14)11-20-24(29)32-23(28-20)17-7-2-3-8-18(17)26/h2-12H,13H2,1H3/b20-11-. The molecule has 162 valence electrons. The maximum absolute atomic E-state index is 14.0. The molecule has 0 fully saturated rings. The number of carbonyl (C=O) groups is 1. The van der Waals surface area contributed by atoms with E-state index in [0.29, 0.717) is 28.7 Å². The fraction of sp³-hybridized carbons (Fsp3) is 0.0833. The van der Waals surface area contributed by atoms with Crippen LogP contribution in [0, 0.1) is 9.39 Å². The lowest BCUT2D eigenvalue weighted by Gasteiger charge is -2.14. The van der Waals surface area contributed by atoms with Gasteiger partial charge in [0.05, 0.1) is 16.2 Å². The molecule has 0 N–H and O–H groups in total. The third kappa shape index (κ3) is 4.94. The number of carbonyl (C=O) groups excluding carboxylic acids is 1. The van der Waals surface area contributed by atoms with Crippen molar-refractivity contribution in [2.75, 3.05) is 7.11 Å². The Morgan fingerprint density at radius 3 is 2.72 bits per heavy atom. The summed E-state index contributed by atoms with van der Waals surface area (Å²) in [6.07, 6.45) is 1.56. The molecule has 0 bridgehead atoms. The predicted octanol–water partition coefficient (Wildman–Crippen LogP) is 6.02. The Balaban J connectivity index is 1.60. The van der Waals surface area contributed by atoms with Crippen molar-refractivity contribution in [1.82, 2.24) is 0 Å². The molecule has 0 saturated carbocycles. The highest BCUT2D eigenvalue weighted by atomic mass is 127. The Morgan fingerprint density at radius 1 is 1.16 bits per heavy atom. The van der Waals surface area contributed by atoms with Crippen LogP contribution in [-0.2, 0) is 16.1 Å². The zero-order chi connectivity index (χ0) is 22.7. The summed E-state index contributed by atoms with van der Waals surface area (Å²) in [7, 11) is 1.53. The van der Waals surface area contributed by atoms with E-state index < -0.39 is 11.8 Å². The van der Waals surface area contributed by atoms with E-state index in [0.717, 1.165) is 9.13 Å². The number of cyclic esters (lactones) is 1. The SMILES string of the molecule is COc1cc(/C=C2\N=C(c3ccccc3F)OC2=O)cc(I)c1OCc1cccc(Cl)c1. The van der Waals surface area contributed by atoms with Crippen molar-refractivity contribution in [3.63, 3.8) is 0 Å². The maximum Gasteiger partial charge on any atom is 0.363 e. The predicted molar refractivity (Wildman–Crippen MR) is 129 cm³/mol. The van der Waals surface area contributed by atoms with Gasteiger partial charge in [0.25, 0.3) is 0 Å². The Bertz CT molecular complexity index is 1260. The molecule has 0 unspecified atom stereocenters. The van der Waals surface area contributed by atoms with E-state index in [1.54, 1.807) is 30.3 Å². The average molecular weight is 564 g/mol. The average Bonchev–Trinajstić information content (AvgIpc) is 3.13. The molecule has 0 amide bonds. The molecule has 0 atom stereocenters. The summed E-state index contributed by atoms with van der Waals surface area (Å²) in [5.41, 5.74) is 1.77. The zero-order valence-electron chi connectivity index (χ0n) is 16.8. The van der Waals surface area contributed by atoms with Crippen molar-refractivity contribution >= 4 is 52.1 Å². The first-order chi connectivity index (χ1) is 15.4. The van der Waals surface area contributed by atoms with Crippen LogP contribution in [0.4, 0.5) is 4.39 Å². The number of benzene rings is 3. The van der Waals surface area contributed by atoms with Crippen LogP contribution in [0.15, 0.2) is 71.4 Å². The third-order valence-corrected chi connectivity index (χ3v) is 5.59. The van der Waals surface area contributed by atoms with E-state index in [1.807, 2.05) is 24.3 Å². The highest BCUT2D eigenvalue weighted by Gasteiger charge is 2.26. The van der Waals surface area contributed by atoms with Gasteiger partial charge in [0.2, 0.25) is 5.90 Å². The molecule has 0 aromatic heterocycles. The number of esters is 1. The number of methoxy groups -OCH3 is 1. The molecule has 0 aliphatic carbocycles. The minimum Gasteiger partial charge on any atom is -0.493 e. The molecule has 8 heteroatoms. The zero-order valence-corrected chi connectivity index (χ0v) is 19.7. The van der Waals surface area contributed by atoms with Crippen LogP contribution in [0.3, 0.4) is 0 Å². The van der Waals surface area contributed by atoms with E-state index in [1.165, 1.54) is 19.2 Å². The number of ether oxygens (including phenoxy) is 3. The fourth-order valence-electron chi connectivity index (χ4n) is 3.06. The molecule has 32 heavy (non-hydrogen) atoms. The first-order valence-electron chi connectivity index (χ1n) is 9.47. The summed E-state index contributed by atoms with van der Waals surface area (Å²) in [6.45, 7) is 0.315. The lowest BCUT2D eigenvalue weighted by Crippen LogP contribution is -2.07. The second-order valence-electron chi connectivity index (χ2n) is 6.77. The van der Waals surface area contributed by atoms with Crippen LogP contribution >= 0.6 is 34.2 Å². The molecular formula is C24H16ClFINO4. The van der Waals surface area contributed by atoms with Crippen molar-refractivity contribution in [3.05, 3.63) is 97.5 Å². The van der Waals surface area contributed by atoms with Gasteiger partial charge in [-0.05, 0) is 76.2 Å². The van der Waals surface area contributed by atoms with Crippen LogP contribution in [0.2, 0.25) is 5.02 Å². The molecule has 0 radical (unpaired) electrons. The van der Waals surface area contributed by atoms with Gasteiger partial charge in [0.1, 0.15) is 12.4 Å². The second-order valence-corrected chi connectivity index (χ2v) is 8.37. The summed E-state index contributed by atoms with van der Waals surface area (Å²) in [5.74, 6) is -0.172. The highest BCUT2D eigenvalue weighted by molar-refractivity contribution is 14.1. The van der Waals surface area contributed by atoms with Crippen molar-refractivity contribution in [3.8, 4) is 11.5 Å². The molecule has 5 nitrogen and oxygen atoms in total. The van der Waals surface area contributed by atoms with Gasteiger partial charge in [0.15, 0.2) is 17.2 Å². The molecule has 1 heterocycles. The molecule has 4 rings (SSSR count). The van der Waals surface area contributed by atoms with Crippen LogP contribution in [-0.4, -0.2) is 19.0 Å². The topological polar surface area (TPSA) is 57.1 Å². The van der Waals surface area contributed by atoms with Gasteiger partial charge < -0.3 is 14.2 Å². The van der Waals surface area contributed by atoms with Crippen LogP contribution < -0.4 is 9.47 Å². The summed E-state index contributed by atoms with van der Waals surface area (Å²) in [6, 6.07) is 16.9.